The lowest BCUT2D eigenvalue weighted by Gasteiger charge is -2.43. The van der Waals surface area contributed by atoms with Gasteiger partial charge in [-0.2, -0.15) is 0 Å². The fraction of sp³-hybridized carbons (Fsp3) is 0.684. The van der Waals surface area contributed by atoms with E-state index in [2.05, 4.69) is 19.2 Å². The van der Waals surface area contributed by atoms with Crippen molar-refractivity contribution in [1.82, 2.24) is 0 Å². The topological polar surface area (TPSA) is 38.7 Å². The van der Waals surface area contributed by atoms with Crippen LogP contribution in [0.15, 0.2) is 18.2 Å². The summed E-state index contributed by atoms with van der Waals surface area (Å²) >= 11 is 0. The summed E-state index contributed by atoms with van der Waals surface area (Å²) in [5, 5.41) is 9.53. The van der Waals surface area contributed by atoms with Crippen LogP contribution in [-0.2, 0) is 6.42 Å². The molecule has 1 saturated carbocycles. The molecule has 0 aromatic heterocycles. The van der Waals surface area contributed by atoms with Crippen molar-refractivity contribution >= 4 is 0 Å². The summed E-state index contributed by atoms with van der Waals surface area (Å²) in [7, 11) is 5.65. The quantitative estimate of drug-likeness (QED) is 0.748. The minimum absolute atomic E-state index is 0.263. The van der Waals surface area contributed by atoms with Crippen molar-refractivity contribution in [3.63, 3.8) is 0 Å². The van der Waals surface area contributed by atoms with Crippen LogP contribution in [0.4, 0.5) is 0 Å². The Morgan fingerprint density at radius 2 is 1.74 bits per heavy atom. The number of methoxy groups -OCH3 is 2. The van der Waals surface area contributed by atoms with E-state index in [0.717, 1.165) is 35.5 Å². The van der Waals surface area contributed by atoms with Gasteiger partial charge in [0.25, 0.3) is 0 Å². The van der Waals surface area contributed by atoms with Gasteiger partial charge in [0.15, 0.2) is 11.5 Å². The first-order chi connectivity index (χ1) is 11.1. The first kappa shape index (κ1) is 18.1. The maximum absolute atomic E-state index is 9.53. The second-order valence-electron chi connectivity index (χ2n) is 6.88. The number of ether oxygens (including phenoxy) is 2. The van der Waals surface area contributed by atoms with E-state index in [1.807, 2.05) is 6.07 Å². The average molecular weight is 322 g/mol. The van der Waals surface area contributed by atoms with Crippen LogP contribution in [0.2, 0.25) is 0 Å². The van der Waals surface area contributed by atoms with E-state index in [1.165, 1.54) is 37.7 Å². The molecule has 0 radical (unpaired) electrons. The Bertz CT molecular complexity index is 486. The van der Waals surface area contributed by atoms with Gasteiger partial charge in [-0.05, 0) is 43.4 Å². The van der Waals surface area contributed by atoms with E-state index in [9.17, 15) is 5.11 Å². The zero-order valence-electron chi connectivity index (χ0n) is 14.9. The zero-order chi connectivity index (χ0) is 16.7. The smallest absolute Gasteiger partial charge is 0.160 e. The van der Waals surface area contributed by atoms with Crippen LogP contribution in [0, 0.1) is 0 Å². The Morgan fingerprint density at radius 3 is 2.35 bits per heavy atom. The number of nitrogens with zero attached hydrogens (tertiary/aromatic N) is 1. The molecule has 0 saturated heterocycles. The van der Waals surface area contributed by atoms with E-state index < -0.39 is 0 Å². The largest absolute Gasteiger partial charge is 0.493 e. The van der Waals surface area contributed by atoms with Gasteiger partial charge in [-0.25, -0.2) is 0 Å². The number of hydrogen-bond donors (Lipinski definition) is 1. The summed E-state index contributed by atoms with van der Waals surface area (Å²) in [5.74, 6) is 1.56. The Hall–Kier alpha value is -1.26. The SMILES string of the molecule is COc1ccc(CC[N+](C)(CCO)C2CCCCC2)cc1OC. The van der Waals surface area contributed by atoms with E-state index >= 15 is 0 Å². The summed E-state index contributed by atoms with van der Waals surface area (Å²) in [5.41, 5.74) is 1.26. The maximum Gasteiger partial charge on any atom is 0.160 e. The minimum Gasteiger partial charge on any atom is -0.493 e. The molecule has 130 valence electrons. The lowest BCUT2D eigenvalue weighted by atomic mass is 9.92. The van der Waals surface area contributed by atoms with Crippen LogP contribution >= 0.6 is 0 Å². The molecule has 1 unspecified atom stereocenters. The number of hydrogen-bond acceptors (Lipinski definition) is 3. The summed E-state index contributed by atoms with van der Waals surface area (Å²) in [6.45, 7) is 2.16. The van der Waals surface area contributed by atoms with Gasteiger partial charge < -0.3 is 19.1 Å². The van der Waals surface area contributed by atoms with E-state index in [1.54, 1.807) is 14.2 Å². The molecule has 1 N–H and O–H groups in total. The highest BCUT2D eigenvalue weighted by Gasteiger charge is 2.32. The lowest BCUT2D eigenvalue weighted by molar-refractivity contribution is -0.934. The van der Waals surface area contributed by atoms with Gasteiger partial charge in [0.05, 0.1) is 40.5 Å². The lowest BCUT2D eigenvalue weighted by Crippen LogP contribution is -2.55. The number of likely N-dealkylation sites (N-methyl/N-ethyl adjacent to an activating group) is 1. The molecule has 1 aromatic rings. The minimum atomic E-state index is 0.263. The Labute approximate surface area is 140 Å². The Morgan fingerprint density at radius 1 is 1.04 bits per heavy atom. The monoisotopic (exact) mass is 322 g/mol. The Balaban J connectivity index is 2.05. The summed E-state index contributed by atoms with van der Waals surface area (Å²) in [4.78, 5) is 0. The third kappa shape index (κ3) is 4.61. The van der Waals surface area contributed by atoms with Crippen molar-refractivity contribution in [2.75, 3.05) is 41.0 Å². The molecule has 2 rings (SSSR count). The fourth-order valence-electron chi connectivity index (χ4n) is 3.83. The first-order valence-electron chi connectivity index (χ1n) is 8.79. The molecule has 4 heteroatoms. The van der Waals surface area contributed by atoms with Gasteiger partial charge in [-0.1, -0.05) is 12.5 Å². The van der Waals surface area contributed by atoms with E-state index in [-0.39, 0.29) is 6.61 Å². The van der Waals surface area contributed by atoms with Crippen LogP contribution < -0.4 is 9.47 Å². The van der Waals surface area contributed by atoms with Crippen LogP contribution in [0.5, 0.6) is 11.5 Å². The van der Waals surface area contributed by atoms with E-state index in [4.69, 9.17) is 9.47 Å². The second kappa shape index (κ2) is 8.55. The van der Waals surface area contributed by atoms with Gasteiger partial charge >= 0.3 is 0 Å². The third-order valence-corrected chi connectivity index (χ3v) is 5.43. The molecule has 0 spiro atoms. The Kier molecular flexibility index (Phi) is 6.72. The molecule has 23 heavy (non-hydrogen) atoms. The standard InChI is InChI=1S/C19H32NO3/c1-20(13-14-21,17-7-5-4-6-8-17)12-11-16-9-10-18(22-2)19(15-16)23-3/h9-10,15,17,21H,4-8,11-14H2,1-3H3/q+1. The van der Waals surface area contributed by atoms with Gasteiger partial charge in [0.2, 0.25) is 0 Å². The number of aliphatic hydroxyl groups excluding tert-OH is 1. The summed E-state index contributed by atoms with van der Waals surface area (Å²) in [6.07, 6.45) is 7.62. The zero-order valence-corrected chi connectivity index (χ0v) is 14.9. The molecule has 4 nitrogen and oxygen atoms in total. The predicted octanol–water partition coefficient (Wildman–Crippen LogP) is 3.02. The average Bonchev–Trinajstić information content (AvgIpc) is 2.60. The summed E-state index contributed by atoms with van der Waals surface area (Å²) < 4.78 is 11.7. The summed E-state index contributed by atoms with van der Waals surface area (Å²) in [6, 6.07) is 6.86. The molecule has 0 aliphatic heterocycles. The molecular formula is C19H32NO3+. The highest BCUT2D eigenvalue weighted by atomic mass is 16.5. The van der Waals surface area contributed by atoms with Crippen LogP contribution in [0.1, 0.15) is 37.7 Å². The molecule has 1 fully saturated rings. The number of aliphatic hydroxyl groups is 1. The highest BCUT2D eigenvalue weighted by Crippen LogP contribution is 2.30. The van der Waals surface area contributed by atoms with Gasteiger partial charge in [0.1, 0.15) is 6.54 Å². The van der Waals surface area contributed by atoms with Gasteiger partial charge in [-0.15, -0.1) is 0 Å². The second-order valence-corrected chi connectivity index (χ2v) is 6.88. The number of rotatable bonds is 8. The van der Waals surface area contributed by atoms with Crippen molar-refractivity contribution in [3.8, 4) is 11.5 Å². The van der Waals surface area contributed by atoms with Gasteiger partial charge in [0, 0.05) is 6.42 Å². The molecule has 0 amide bonds. The molecule has 1 aromatic carbocycles. The molecule has 0 heterocycles. The number of benzene rings is 1. The molecule has 1 atom stereocenters. The molecule has 0 bridgehead atoms. The molecule has 1 aliphatic carbocycles. The van der Waals surface area contributed by atoms with Crippen molar-refractivity contribution < 1.29 is 19.1 Å². The van der Waals surface area contributed by atoms with Crippen molar-refractivity contribution in [1.29, 1.82) is 0 Å². The maximum atomic E-state index is 9.53. The molecule has 1 aliphatic rings. The van der Waals surface area contributed by atoms with Crippen LogP contribution in [-0.4, -0.2) is 56.6 Å². The predicted molar refractivity (Wildman–Crippen MR) is 93.1 cm³/mol. The van der Waals surface area contributed by atoms with Crippen molar-refractivity contribution in [2.45, 2.75) is 44.6 Å². The van der Waals surface area contributed by atoms with Crippen LogP contribution in [0.25, 0.3) is 0 Å². The highest BCUT2D eigenvalue weighted by molar-refractivity contribution is 5.42. The van der Waals surface area contributed by atoms with Crippen LogP contribution in [0.3, 0.4) is 0 Å². The van der Waals surface area contributed by atoms with Crippen molar-refractivity contribution in [3.05, 3.63) is 23.8 Å². The number of quaternary nitrogens is 1. The molecular weight excluding hydrogens is 290 g/mol. The third-order valence-electron chi connectivity index (χ3n) is 5.43. The van der Waals surface area contributed by atoms with Gasteiger partial charge in [-0.3, -0.25) is 0 Å². The van der Waals surface area contributed by atoms with Crippen molar-refractivity contribution in [2.24, 2.45) is 0 Å². The normalized spacial score (nSPS) is 18.4. The first-order valence-corrected chi connectivity index (χ1v) is 8.79. The van der Waals surface area contributed by atoms with E-state index in [0.29, 0.717) is 6.04 Å². The fourth-order valence-corrected chi connectivity index (χ4v) is 3.83.